The summed E-state index contributed by atoms with van der Waals surface area (Å²) in [5, 5.41) is 0. The average Bonchev–Trinajstić information content (AvgIpc) is 2.22. The lowest BCUT2D eigenvalue weighted by atomic mass is 9.82. The molecule has 1 rings (SSSR count). The van der Waals surface area contributed by atoms with Crippen molar-refractivity contribution >= 4 is 0 Å². The van der Waals surface area contributed by atoms with Crippen LogP contribution in [-0.2, 0) is 6.42 Å². The molecule has 2 nitrogen and oxygen atoms in total. The van der Waals surface area contributed by atoms with Crippen molar-refractivity contribution in [2.45, 2.75) is 40.5 Å². The third kappa shape index (κ3) is 3.74. The highest BCUT2D eigenvalue weighted by Crippen LogP contribution is 2.31. The molecule has 0 fully saturated rings. The topological polar surface area (TPSA) is 35.2 Å². The van der Waals surface area contributed by atoms with Crippen molar-refractivity contribution in [3.8, 4) is 5.75 Å². The molecule has 0 amide bonds. The van der Waals surface area contributed by atoms with E-state index in [-0.39, 0.29) is 5.41 Å². The van der Waals surface area contributed by atoms with E-state index >= 15 is 0 Å². The quantitative estimate of drug-likeness (QED) is 0.850. The van der Waals surface area contributed by atoms with Crippen LogP contribution in [-0.4, -0.2) is 13.7 Å². The van der Waals surface area contributed by atoms with Gasteiger partial charge in [0.2, 0.25) is 0 Å². The van der Waals surface area contributed by atoms with Crippen molar-refractivity contribution < 1.29 is 4.74 Å². The standard InChI is InChI=1S/C15H25NO/c1-11-8-13(10-15(3,4)6-7-16)14(17-5)9-12(11)2/h8-9H,6-7,10,16H2,1-5H3. The lowest BCUT2D eigenvalue weighted by Gasteiger charge is -2.25. The molecule has 0 heterocycles. The molecule has 0 spiro atoms. The highest BCUT2D eigenvalue weighted by Gasteiger charge is 2.20. The Labute approximate surface area is 105 Å². The van der Waals surface area contributed by atoms with Gasteiger partial charge in [0, 0.05) is 0 Å². The minimum Gasteiger partial charge on any atom is -0.496 e. The molecule has 0 saturated carbocycles. The lowest BCUT2D eigenvalue weighted by molar-refractivity contribution is 0.329. The normalized spacial score (nSPS) is 11.6. The van der Waals surface area contributed by atoms with Crippen LogP contribution in [0.25, 0.3) is 0 Å². The van der Waals surface area contributed by atoms with E-state index in [9.17, 15) is 0 Å². The molecule has 0 bridgehead atoms. The molecule has 1 aromatic rings. The number of benzene rings is 1. The minimum absolute atomic E-state index is 0.226. The molecule has 0 atom stereocenters. The van der Waals surface area contributed by atoms with Crippen molar-refractivity contribution in [2.75, 3.05) is 13.7 Å². The van der Waals surface area contributed by atoms with Gasteiger partial charge in [-0.05, 0) is 61.4 Å². The van der Waals surface area contributed by atoms with Gasteiger partial charge in [0.25, 0.3) is 0 Å². The Kier molecular flexibility index (Phi) is 4.58. The van der Waals surface area contributed by atoms with Gasteiger partial charge in [-0.25, -0.2) is 0 Å². The van der Waals surface area contributed by atoms with Crippen LogP contribution in [0.15, 0.2) is 12.1 Å². The fourth-order valence-corrected chi connectivity index (χ4v) is 2.17. The maximum absolute atomic E-state index is 5.66. The number of hydrogen-bond donors (Lipinski definition) is 1. The molecule has 0 aromatic heterocycles. The monoisotopic (exact) mass is 235 g/mol. The van der Waals surface area contributed by atoms with E-state index in [1.807, 2.05) is 0 Å². The molecular formula is C15H25NO. The zero-order valence-electron chi connectivity index (χ0n) is 11.8. The first-order chi connectivity index (χ1) is 7.89. The first-order valence-electron chi connectivity index (χ1n) is 6.24. The van der Waals surface area contributed by atoms with Gasteiger partial charge in [-0.2, -0.15) is 0 Å². The molecule has 1 aromatic carbocycles. The second kappa shape index (κ2) is 5.54. The largest absolute Gasteiger partial charge is 0.496 e. The predicted molar refractivity (Wildman–Crippen MR) is 73.6 cm³/mol. The highest BCUT2D eigenvalue weighted by molar-refractivity contribution is 5.42. The van der Waals surface area contributed by atoms with Gasteiger partial charge in [-0.1, -0.05) is 19.9 Å². The molecule has 2 N–H and O–H groups in total. The van der Waals surface area contributed by atoms with E-state index < -0.39 is 0 Å². The molecule has 17 heavy (non-hydrogen) atoms. The smallest absolute Gasteiger partial charge is 0.122 e. The van der Waals surface area contributed by atoms with E-state index in [0.717, 1.165) is 25.1 Å². The van der Waals surface area contributed by atoms with E-state index in [1.165, 1.54) is 16.7 Å². The third-order valence-corrected chi connectivity index (χ3v) is 3.39. The van der Waals surface area contributed by atoms with Crippen LogP contribution >= 0.6 is 0 Å². The van der Waals surface area contributed by atoms with Crippen LogP contribution in [0.3, 0.4) is 0 Å². The Morgan fingerprint density at radius 2 is 1.76 bits per heavy atom. The van der Waals surface area contributed by atoms with E-state index in [4.69, 9.17) is 10.5 Å². The maximum Gasteiger partial charge on any atom is 0.122 e. The Bertz CT molecular complexity index is 383. The number of ether oxygens (including phenoxy) is 1. The van der Waals surface area contributed by atoms with Gasteiger partial charge >= 0.3 is 0 Å². The van der Waals surface area contributed by atoms with Crippen molar-refractivity contribution in [1.82, 2.24) is 0 Å². The van der Waals surface area contributed by atoms with Crippen LogP contribution in [0.2, 0.25) is 0 Å². The Balaban J connectivity index is 3.01. The summed E-state index contributed by atoms with van der Waals surface area (Å²) in [6.45, 7) is 9.52. The van der Waals surface area contributed by atoms with Crippen molar-refractivity contribution in [1.29, 1.82) is 0 Å². The minimum atomic E-state index is 0.226. The maximum atomic E-state index is 5.66. The lowest BCUT2D eigenvalue weighted by Crippen LogP contribution is -2.20. The first-order valence-corrected chi connectivity index (χ1v) is 6.24. The SMILES string of the molecule is COc1cc(C)c(C)cc1CC(C)(C)CCN. The Hall–Kier alpha value is -1.02. The molecule has 0 aliphatic carbocycles. The second-order valence-corrected chi connectivity index (χ2v) is 5.63. The Morgan fingerprint density at radius 1 is 1.18 bits per heavy atom. The fraction of sp³-hybridized carbons (Fsp3) is 0.600. The summed E-state index contributed by atoms with van der Waals surface area (Å²) in [5.74, 6) is 0.998. The van der Waals surface area contributed by atoms with E-state index in [1.54, 1.807) is 7.11 Å². The number of rotatable bonds is 5. The summed E-state index contributed by atoms with van der Waals surface area (Å²) in [5.41, 5.74) is 9.78. The number of aryl methyl sites for hydroxylation is 2. The molecule has 0 saturated heterocycles. The van der Waals surface area contributed by atoms with Crippen LogP contribution < -0.4 is 10.5 Å². The molecule has 96 valence electrons. The fourth-order valence-electron chi connectivity index (χ4n) is 2.17. The second-order valence-electron chi connectivity index (χ2n) is 5.63. The predicted octanol–water partition coefficient (Wildman–Crippen LogP) is 3.23. The number of hydrogen-bond acceptors (Lipinski definition) is 2. The van der Waals surface area contributed by atoms with Gasteiger partial charge < -0.3 is 10.5 Å². The van der Waals surface area contributed by atoms with E-state index in [2.05, 4.69) is 39.8 Å². The highest BCUT2D eigenvalue weighted by atomic mass is 16.5. The first kappa shape index (κ1) is 14.0. The number of nitrogens with two attached hydrogens (primary N) is 1. The van der Waals surface area contributed by atoms with Crippen molar-refractivity contribution in [3.63, 3.8) is 0 Å². The summed E-state index contributed by atoms with van der Waals surface area (Å²) in [7, 11) is 1.74. The number of methoxy groups -OCH3 is 1. The summed E-state index contributed by atoms with van der Waals surface area (Å²) in [6, 6.07) is 4.37. The van der Waals surface area contributed by atoms with Crippen LogP contribution in [0.5, 0.6) is 5.75 Å². The van der Waals surface area contributed by atoms with Gasteiger partial charge in [0.05, 0.1) is 7.11 Å². The van der Waals surface area contributed by atoms with E-state index in [0.29, 0.717) is 0 Å². The summed E-state index contributed by atoms with van der Waals surface area (Å²) in [4.78, 5) is 0. The van der Waals surface area contributed by atoms with Crippen LogP contribution in [0.1, 0.15) is 37.0 Å². The van der Waals surface area contributed by atoms with Crippen molar-refractivity contribution in [2.24, 2.45) is 11.1 Å². The molecule has 2 heteroatoms. The molecular weight excluding hydrogens is 210 g/mol. The average molecular weight is 235 g/mol. The zero-order chi connectivity index (χ0) is 13.1. The summed E-state index contributed by atoms with van der Waals surface area (Å²) < 4.78 is 5.47. The van der Waals surface area contributed by atoms with Gasteiger partial charge in [0.1, 0.15) is 5.75 Å². The van der Waals surface area contributed by atoms with Gasteiger partial charge in [-0.15, -0.1) is 0 Å². The summed E-state index contributed by atoms with van der Waals surface area (Å²) >= 11 is 0. The molecule has 0 radical (unpaired) electrons. The molecule has 0 unspecified atom stereocenters. The molecule has 0 aliphatic heterocycles. The molecule has 0 aliphatic rings. The van der Waals surface area contributed by atoms with Crippen LogP contribution in [0.4, 0.5) is 0 Å². The third-order valence-electron chi connectivity index (χ3n) is 3.39. The van der Waals surface area contributed by atoms with Crippen LogP contribution in [0, 0.1) is 19.3 Å². The Morgan fingerprint density at radius 3 is 2.29 bits per heavy atom. The zero-order valence-corrected chi connectivity index (χ0v) is 11.8. The van der Waals surface area contributed by atoms with Crippen molar-refractivity contribution in [3.05, 3.63) is 28.8 Å². The van der Waals surface area contributed by atoms with Gasteiger partial charge in [0.15, 0.2) is 0 Å². The van der Waals surface area contributed by atoms with Gasteiger partial charge in [-0.3, -0.25) is 0 Å². The summed E-state index contributed by atoms with van der Waals surface area (Å²) in [6.07, 6.45) is 2.04.